The number of piperidine rings is 1. The average molecular weight is 303 g/mol. The number of likely N-dealkylation sites (N-methyl/N-ethyl adjacent to an activating group) is 1. The highest BCUT2D eigenvalue weighted by Crippen LogP contribution is 2.22. The van der Waals surface area contributed by atoms with Gasteiger partial charge in [-0.2, -0.15) is 0 Å². The minimum atomic E-state index is -0.828. The number of carbonyl (C=O) groups is 1. The van der Waals surface area contributed by atoms with Gasteiger partial charge in [0.15, 0.2) is 0 Å². The first-order chi connectivity index (χ1) is 10.4. The summed E-state index contributed by atoms with van der Waals surface area (Å²) in [6.45, 7) is 5.30. The van der Waals surface area contributed by atoms with Crippen LogP contribution in [-0.2, 0) is 0 Å². The Kier molecular flexibility index (Phi) is 5.21. The summed E-state index contributed by atoms with van der Waals surface area (Å²) in [4.78, 5) is 16.0. The summed E-state index contributed by atoms with van der Waals surface area (Å²) >= 11 is 0. The molecule has 0 radical (unpaired) electrons. The highest BCUT2D eigenvalue weighted by atomic mass is 16.3. The molecule has 2 amide bonds. The van der Waals surface area contributed by atoms with Crippen molar-refractivity contribution in [2.75, 3.05) is 39.0 Å². The number of urea groups is 1. The van der Waals surface area contributed by atoms with Gasteiger partial charge in [0.05, 0.1) is 12.1 Å². The van der Waals surface area contributed by atoms with E-state index in [-0.39, 0.29) is 6.03 Å². The van der Waals surface area contributed by atoms with E-state index in [1.807, 2.05) is 43.3 Å². The van der Waals surface area contributed by atoms with Gasteiger partial charge >= 0.3 is 6.03 Å². The highest BCUT2D eigenvalue weighted by Gasteiger charge is 2.35. The lowest BCUT2D eigenvalue weighted by Crippen LogP contribution is -2.55. The Morgan fingerprint density at radius 3 is 2.73 bits per heavy atom. The first-order valence-electron chi connectivity index (χ1n) is 7.57. The van der Waals surface area contributed by atoms with Crippen molar-refractivity contribution in [3.8, 4) is 0 Å². The molecule has 1 unspecified atom stereocenters. The second-order valence-electron chi connectivity index (χ2n) is 6.24. The van der Waals surface area contributed by atoms with Gasteiger partial charge in [-0.1, -0.05) is 24.8 Å². The van der Waals surface area contributed by atoms with Crippen LogP contribution in [0.5, 0.6) is 0 Å². The van der Waals surface area contributed by atoms with Crippen LogP contribution in [0.2, 0.25) is 0 Å². The van der Waals surface area contributed by atoms with Gasteiger partial charge in [0.25, 0.3) is 0 Å². The summed E-state index contributed by atoms with van der Waals surface area (Å²) in [5.41, 5.74) is 0.930. The minimum Gasteiger partial charge on any atom is -0.387 e. The molecule has 1 aromatic carbocycles. The normalized spacial score (nSPS) is 21.7. The predicted octanol–water partition coefficient (Wildman–Crippen LogP) is 2.25. The highest BCUT2D eigenvalue weighted by molar-refractivity contribution is 5.89. The van der Waals surface area contributed by atoms with Crippen LogP contribution in [0, 0.1) is 0 Å². The predicted molar refractivity (Wildman–Crippen MR) is 89.9 cm³/mol. The summed E-state index contributed by atoms with van der Waals surface area (Å²) in [5, 5.41) is 13.5. The molecule has 5 heteroatoms. The summed E-state index contributed by atoms with van der Waals surface area (Å²) in [6.07, 6.45) is 3.30. The topological polar surface area (TPSA) is 55.8 Å². The number of rotatable bonds is 4. The largest absolute Gasteiger partial charge is 0.387 e. The zero-order valence-electron chi connectivity index (χ0n) is 13.4. The van der Waals surface area contributed by atoms with E-state index in [1.165, 1.54) is 0 Å². The number of amides is 2. The number of anilines is 1. The van der Waals surface area contributed by atoms with Crippen molar-refractivity contribution >= 4 is 17.8 Å². The first-order valence-corrected chi connectivity index (χ1v) is 7.57. The molecule has 2 rings (SSSR count). The standard InChI is InChI=1S/C17H25N3O2/c1-4-14-6-8-15(9-7-14)18-16(21)20-11-5-10-17(22,13-20)12-19(2)3/h4,6-9,22H,1,5,10-13H2,2-3H3,(H,18,21). The van der Waals surface area contributed by atoms with Crippen molar-refractivity contribution in [1.82, 2.24) is 9.80 Å². The van der Waals surface area contributed by atoms with Crippen LogP contribution in [0.4, 0.5) is 10.5 Å². The maximum atomic E-state index is 12.4. The van der Waals surface area contributed by atoms with Crippen LogP contribution in [0.15, 0.2) is 30.8 Å². The number of carbonyl (C=O) groups excluding carboxylic acids is 1. The second-order valence-corrected chi connectivity index (χ2v) is 6.24. The molecule has 0 spiro atoms. The van der Waals surface area contributed by atoms with Gasteiger partial charge in [-0.3, -0.25) is 0 Å². The van der Waals surface area contributed by atoms with Crippen LogP contribution >= 0.6 is 0 Å². The van der Waals surface area contributed by atoms with Crippen molar-refractivity contribution in [2.45, 2.75) is 18.4 Å². The zero-order valence-corrected chi connectivity index (χ0v) is 13.4. The maximum absolute atomic E-state index is 12.4. The summed E-state index contributed by atoms with van der Waals surface area (Å²) in [5.74, 6) is 0. The van der Waals surface area contributed by atoms with Crippen LogP contribution in [0.3, 0.4) is 0 Å². The molecule has 1 aliphatic heterocycles. The lowest BCUT2D eigenvalue weighted by molar-refractivity contribution is -0.0333. The van der Waals surface area contributed by atoms with E-state index in [4.69, 9.17) is 0 Å². The third-order valence-electron chi connectivity index (χ3n) is 3.85. The van der Waals surface area contributed by atoms with Crippen LogP contribution in [0.1, 0.15) is 18.4 Å². The van der Waals surface area contributed by atoms with Crippen LogP contribution in [0.25, 0.3) is 6.08 Å². The van der Waals surface area contributed by atoms with E-state index >= 15 is 0 Å². The number of benzene rings is 1. The Hall–Kier alpha value is -1.85. The van der Waals surface area contributed by atoms with Gasteiger partial charge in [0, 0.05) is 18.8 Å². The van der Waals surface area contributed by atoms with Crippen LogP contribution < -0.4 is 5.32 Å². The van der Waals surface area contributed by atoms with E-state index in [0.717, 1.165) is 24.1 Å². The molecular weight excluding hydrogens is 278 g/mol. The number of nitrogens with one attached hydrogen (secondary N) is 1. The summed E-state index contributed by atoms with van der Waals surface area (Å²) < 4.78 is 0. The molecule has 5 nitrogen and oxygen atoms in total. The molecule has 120 valence electrons. The molecule has 0 bridgehead atoms. The second kappa shape index (κ2) is 6.94. The molecule has 0 saturated carbocycles. The molecule has 1 aromatic rings. The van der Waals surface area contributed by atoms with Gasteiger partial charge in [0.2, 0.25) is 0 Å². The maximum Gasteiger partial charge on any atom is 0.321 e. The number of hydrogen-bond donors (Lipinski definition) is 2. The smallest absolute Gasteiger partial charge is 0.321 e. The molecule has 1 fully saturated rings. The quantitative estimate of drug-likeness (QED) is 0.897. The van der Waals surface area contributed by atoms with E-state index in [2.05, 4.69) is 11.9 Å². The summed E-state index contributed by atoms with van der Waals surface area (Å²) in [7, 11) is 3.86. The van der Waals surface area contributed by atoms with Gasteiger partial charge < -0.3 is 20.2 Å². The van der Waals surface area contributed by atoms with Crippen molar-refractivity contribution in [3.05, 3.63) is 36.4 Å². The first kappa shape index (κ1) is 16.5. The van der Waals surface area contributed by atoms with E-state index < -0.39 is 5.60 Å². The van der Waals surface area contributed by atoms with E-state index in [0.29, 0.717) is 19.6 Å². The zero-order chi connectivity index (χ0) is 16.2. The van der Waals surface area contributed by atoms with Gasteiger partial charge in [0.1, 0.15) is 0 Å². The van der Waals surface area contributed by atoms with Gasteiger partial charge in [-0.25, -0.2) is 4.79 Å². The van der Waals surface area contributed by atoms with E-state index in [9.17, 15) is 9.90 Å². The Morgan fingerprint density at radius 1 is 1.45 bits per heavy atom. The molecule has 1 aliphatic rings. The fraction of sp³-hybridized carbons (Fsp3) is 0.471. The molecule has 1 heterocycles. The third kappa shape index (κ3) is 4.32. The fourth-order valence-corrected chi connectivity index (χ4v) is 2.91. The van der Waals surface area contributed by atoms with Gasteiger partial charge in [-0.15, -0.1) is 0 Å². The number of hydrogen-bond acceptors (Lipinski definition) is 3. The molecule has 2 N–H and O–H groups in total. The van der Waals surface area contributed by atoms with Crippen LogP contribution in [-0.4, -0.2) is 60.3 Å². The number of β-amino-alcohol motifs (C(OH)–C–C–N with tert-alkyl or cyclic N) is 1. The van der Waals surface area contributed by atoms with Gasteiger partial charge in [-0.05, 0) is 44.6 Å². The lowest BCUT2D eigenvalue weighted by Gasteiger charge is -2.40. The SMILES string of the molecule is C=Cc1ccc(NC(=O)N2CCCC(O)(CN(C)C)C2)cc1. The molecule has 22 heavy (non-hydrogen) atoms. The number of aliphatic hydroxyl groups is 1. The number of nitrogens with zero attached hydrogens (tertiary/aromatic N) is 2. The van der Waals surface area contributed by atoms with Crippen molar-refractivity contribution in [3.63, 3.8) is 0 Å². The Morgan fingerprint density at radius 2 is 2.14 bits per heavy atom. The van der Waals surface area contributed by atoms with Crippen molar-refractivity contribution in [2.24, 2.45) is 0 Å². The third-order valence-corrected chi connectivity index (χ3v) is 3.85. The Labute approximate surface area is 132 Å². The average Bonchev–Trinajstić information content (AvgIpc) is 2.46. The fourth-order valence-electron chi connectivity index (χ4n) is 2.91. The monoisotopic (exact) mass is 303 g/mol. The molecular formula is C17H25N3O2. The molecule has 1 saturated heterocycles. The minimum absolute atomic E-state index is 0.164. The van der Waals surface area contributed by atoms with Crippen molar-refractivity contribution < 1.29 is 9.90 Å². The molecule has 1 atom stereocenters. The van der Waals surface area contributed by atoms with E-state index in [1.54, 1.807) is 11.0 Å². The molecule has 0 aliphatic carbocycles. The summed E-state index contributed by atoms with van der Waals surface area (Å²) in [6, 6.07) is 7.35. The molecule has 0 aromatic heterocycles. The Bertz CT molecular complexity index is 527. The number of likely N-dealkylation sites (tertiary alicyclic amines) is 1. The Balaban J connectivity index is 1.97. The lowest BCUT2D eigenvalue weighted by atomic mass is 9.92. The van der Waals surface area contributed by atoms with Crippen molar-refractivity contribution in [1.29, 1.82) is 0 Å².